The summed E-state index contributed by atoms with van der Waals surface area (Å²) in [5.41, 5.74) is 1.81. The van der Waals surface area contributed by atoms with E-state index in [0.29, 0.717) is 11.6 Å². The minimum Gasteiger partial charge on any atom is -0.481 e. The van der Waals surface area contributed by atoms with E-state index in [1.54, 1.807) is 0 Å². The lowest BCUT2D eigenvalue weighted by Gasteiger charge is -2.02. The maximum absolute atomic E-state index is 11.8. The van der Waals surface area contributed by atoms with Gasteiger partial charge in [0.05, 0.1) is 5.69 Å². The number of aromatic nitrogens is 1. The highest BCUT2D eigenvalue weighted by Gasteiger charge is 2.09. The highest BCUT2D eigenvalue weighted by atomic mass is 32.1. The maximum Gasteiger partial charge on any atom is 0.303 e. The molecular formula is C18H16N2O3S. The molecule has 0 aliphatic heterocycles. The van der Waals surface area contributed by atoms with Gasteiger partial charge in [0.15, 0.2) is 5.13 Å². The largest absolute Gasteiger partial charge is 0.481 e. The molecule has 0 aliphatic rings. The summed E-state index contributed by atoms with van der Waals surface area (Å²) in [6, 6.07) is 14.2. The van der Waals surface area contributed by atoms with Crippen molar-refractivity contribution in [3.05, 3.63) is 47.8 Å². The zero-order valence-electron chi connectivity index (χ0n) is 12.9. The van der Waals surface area contributed by atoms with Crippen LogP contribution in [0.5, 0.6) is 0 Å². The summed E-state index contributed by atoms with van der Waals surface area (Å²) in [5, 5.41) is 16.0. The highest BCUT2D eigenvalue weighted by Crippen LogP contribution is 2.27. The van der Waals surface area contributed by atoms with Gasteiger partial charge in [-0.05, 0) is 23.3 Å². The molecular weight excluding hydrogens is 324 g/mol. The van der Waals surface area contributed by atoms with E-state index in [9.17, 15) is 9.59 Å². The number of anilines is 1. The summed E-state index contributed by atoms with van der Waals surface area (Å²) < 4.78 is 0. The number of nitrogens with one attached hydrogen (secondary N) is 1. The smallest absolute Gasteiger partial charge is 0.303 e. The Kier molecular flexibility index (Phi) is 4.86. The van der Waals surface area contributed by atoms with Crippen LogP contribution in [0.15, 0.2) is 47.8 Å². The van der Waals surface area contributed by atoms with Gasteiger partial charge in [0.2, 0.25) is 5.91 Å². The molecule has 0 saturated carbocycles. The molecule has 0 fully saturated rings. The van der Waals surface area contributed by atoms with Crippen LogP contribution in [0.2, 0.25) is 0 Å². The molecule has 0 atom stereocenters. The monoisotopic (exact) mass is 340 g/mol. The molecule has 0 radical (unpaired) electrons. The van der Waals surface area contributed by atoms with Crippen molar-refractivity contribution >= 4 is 39.1 Å². The number of thiazole rings is 1. The van der Waals surface area contributed by atoms with E-state index < -0.39 is 5.97 Å². The van der Waals surface area contributed by atoms with E-state index in [-0.39, 0.29) is 18.7 Å². The second-order valence-electron chi connectivity index (χ2n) is 5.40. The molecule has 122 valence electrons. The third-order valence-electron chi connectivity index (χ3n) is 3.59. The number of fused-ring (bicyclic) bond motifs is 1. The Morgan fingerprint density at radius 2 is 1.88 bits per heavy atom. The molecule has 0 saturated heterocycles. The fourth-order valence-corrected chi connectivity index (χ4v) is 3.13. The van der Waals surface area contributed by atoms with Gasteiger partial charge in [-0.1, -0.05) is 36.4 Å². The molecule has 3 aromatic rings. The topological polar surface area (TPSA) is 79.3 Å². The first-order valence-electron chi connectivity index (χ1n) is 7.58. The van der Waals surface area contributed by atoms with Crippen LogP contribution in [0, 0.1) is 0 Å². The van der Waals surface area contributed by atoms with Gasteiger partial charge in [0, 0.05) is 23.8 Å². The molecule has 0 spiro atoms. The van der Waals surface area contributed by atoms with Gasteiger partial charge in [-0.15, -0.1) is 11.3 Å². The lowest BCUT2D eigenvalue weighted by Crippen LogP contribution is -2.11. The molecule has 0 aliphatic carbocycles. The Balaban J connectivity index is 1.68. The van der Waals surface area contributed by atoms with Gasteiger partial charge in [-0.3, -0.25) is 9.59 Å². The third kappa shape index (κ3) is 3.97. The summed E-state index contributed by atoms with van der Waals surface area (Å²) >= 11 is 1.36. The Bertz CT molecular complexity index is 889. The Morgan fingerprint density at radius 1 is 1.08 bits per heavy atom. The number of carboxylic acids is 1. The number of carboxylic acid groups (broad SMARTS) is 1. The van der Waals surface area contributed by atoms with Crippen molar-refractivity contribution in [3.8, 4) is 11.3 Å². The fourth-order valence-electron chi connectivity index (χ4n) is 2.39. The predicted octanol–water partition coefficient (Wildman–Crippen LogP) is 4.16. The van der Waals surface area contributed by atoms with E-state index in [1.165, 1.54) is 16.7 Å². The van der Waals surface area contributed by atoms with Crippen LogP contribution < -0.4 is 5.32 Å². The third-order valence-corrected chi connectivity index (χ3v) is 4.35. The van der Waals surface area contributed by atoms with Crippen LogP contribution in [0.25, 0.3) is 22.0 Å². The first-order valence-corrected chi connectivity index (χ1v) is 8.46. The van der Waals surface area contributed by atoms with Crippen LogP contribution >= 0.6 is 11.3 Å². The van der Waals surface area contributed by atoms with Crippen molar-refractivity contribution in [2.24, 2.45) is 0 Å². The molecule has 24 heavy (non-hydrogen) atoms. The quantitative estimate of drug-likeness (QED) is 0.706. The summed E-state index contributed by atoms with van der Waals surface area (Å²) in [6.45, 7) is 0. The van der Waals surface area contributed by atoms with Crippen molar-refractivity contribution in [2.45, 2.75) is 19.3 Å². The van der Waals surface area contributed by atoms with Crippen LogP contribution in [0.1, 0.15) is 19.3 Å². The molecule has 0 unspecified atom stereocenters. The van der Waals surface area contributed by atoms with Crippen LogP contribution in [-0.2, 0) is 9.59 Å². The van der Waals surface area contributed by atoms with Crippen molar-refractivity contribution in [2.75, 3.05) is 5.32 Å². The lowest BCUT2D eigenvalue weighted by molar-refractivity contribution is -0.137. The average molecular weight is 340 g/mol. The van der Waals surface area contributed by atoms with Gasteiger partial charge in [0.1, 0.15) is 0 Å². The summed E-state index contributed by atoms with van der Waals surface area (Å²) in [5.74, 6) is -1.11. The normalized spacial score (nSPS) is 10.7. The molecule has 1 heterocycles. The van der Waals surface area contributed by atoms with E-state index in [1.807, 2.05) is 29.6 Å². The Morgan fingerprint density at radius 3 is 2.67 bits per heavy atom. The number of nitrogens with zero attached hydrogens (tertiary/aromatic N) is 1. The van der Waals surface area contributed by atoms with E-state index in [4.69, 9.17) is 5.11 Å². The highest BCUT2D eigenvalue weighted by molar-refractivity contribution is 7.14. The number of hydrogen-bond acceptors (Lipinski definition) is 4. The van der Waals surface area contributed by atoms with Crippen molar-refractivity contribution < 1.29 is 14.7 Å². The Labute approximate surface area is 143 Å². The fraction of sp³-hybridized carbons (Fsp3) is 0.167. The maximum atomic E-state index is 11.8. The lowest BCUT2D eigenvalue weighted by atomic mass is 10.1. The molecule has 2 N–H and O–H groups in total. The molecule has 6 heteroatoms. The van der Waals surface area contributed by atoms with Crippen molar-refractivity contribution in [3.63, 3.8) is 0 Å². The van der Waals surface area contributed by atoms with E-state index in [2.05, 4.69) is 28.5 Å². The van der Waals surface area contributed by atoms with Gasteiger partial charge in [-0.2, -0.15) is 0 Å². The number of carbonyl (C=O) groups excluding carboxylic acids is 1. The number of aliphatic carboxylic acids is 1. The number of rotatable bonds is 6. The molecule has 5 nitrogen and oxygen atoms in total. The minimum atomic E-state index is -0.893. The van der Waals surface area contributed by atoms with E-state index in [0.717, 1.165) is 16.6 Å². The first kappa shape index (κ1) is 16.1. The molecule has 3 rings (SSSR count). The van der Waals surface area contributed by atoms with Crippen LogP contribution in [-0.4, -0.2) is 22.0 Å². The molecule has 1 amide bonds. The molecule has 1 aromatic heterocycles. The number of carbonyl (C=O) groups is 2. The standard InChI is InChI=1S/C18H16N2O3S/c21-16(6-3-7-17(22)23)20-18-19-15(11-24-18)14-9-8-12-4-1-2-5-13(12)10-14/h1-2,4-5,8-11H,3,6-7H2,(H,22,23)(H,19,20,21). The second kappa shape index (κ2) is 7.23. The zero-order valence-corrected chi connectivity index (χ0v) is 13.7. The minimum absolute atomic E-state index is 0.00632. The van der Waals surface area contributed by atoms with Crippen LogP contribution in [0.3, 0.4) is 0 Å². The molecule has 2 aromatic carbocycles. The van der Waals surface area contributed by atoms with E-state index >= 15 is 0 Å². The van der Waals surface area contributed by atoms with Gasteiger partial charge >= 0.3 is 5.97 Å². The Hall–Kier alpha value is -2.73. The van der Waals surface area contributed by atoms with Gasteiger partial charge < -0.3 is 10.4 Å². The number of benzene rings is 2. The zero-order chi connectivity index (χ0) is 16.9. The summed E-state index contributed by atoms with van der Waals surface area (Å²) in [6.07, 6.45) is 0.495. The predicted molar refractivity (Wildman–Crippen MR) is 95.2 cm³/mol. The number of amides is 1. The average Bonchev–Trinajstić information content (AvgIpc) is 3.02. The number of hydrogen-bond donors (Lipinski definition) is 2. The van der Waals surface area contributed by atoms with Crippen molar-refractivity contribution in [1.29, 1.82) is 0 Å². The molecule has 0 bridgehead atoms. The van der Waals surface area contributed by atoms with Crippen molar-refractivity contribution in [1.82, 2.24) is 4.98 Å². The SMILES string of the molecule is O=C(O)CCCC(=O)Nc1nc(-c2ccc3ccccc3c2)cs1. The van der Waals surface area contributed by atoms with Crippen LogP contribution in [0.4, 0.5) is 5.13 Å². The van der Waals surface area contributed by atoms with Gasteiger partial charge in [0.25, 0.3) is 0 Å². The summed E-state index contributed by atoms with van der Waals surface area (Å²) in [4.78, 5) is 26.7. The summed E-state index contributed by atoms with van der Waals surface area (Å²) in [7, 11) is 0. The first-order chi connectivity index (χ1) is 11.6. The second-order valence-corrected chi connectivity index (χ2v) is 6.25. The van der Waals surface area contributed by atoms with Gasteiger partial charge in [-0.25, -0.2) is 4.98 Å².